The van der Waals surface area contributed by atoms with Crippen LogP contribution in [0.1, 0.15) is 27.2 Å². The number of carbonyl (C=O) groups excluding carboxylic acids is 1. The number of aryl methyl sites for hydroxylation is 2. The second-order valence-electron chi connectivity index (χ2n) is 3.89. The Morgan fingerprint density at radius 3 is 2.50 bits per heavy atom. The molecule has 0 amide bonds. The van der Waals surface area contributed by atoms with Crippen LogP contribution in [0.2, 0.25) is 0 Å². The number of hydrogen-bond acceptors (Lipinski definition) is 2. The van der Waals surface area contributed by atoms with Gasteiger partial charge in [-0.25, -0.2) is 0 Å². The summed E-state index contributed by atoms with van der Waals surface area (Å²) < 4.78 is 0. The average molecular weight is 211 g/mol. The summed E-state index contributed by atoms with van der Waals surface area (Å²) in [5, 5.41) is 0. The third-order valence-electron chi connectivity index (χ3n) is 2.45. The number of aromatic nitrogens is 1. The molecule has 0 saturated heterocycles. The van der Waals surface area contributed by atoms with Gasteiger partial charge in [-0.1, -0.05) is 23.8 Å². The van der Waals surface area contributed by atoms with E-state index in [1.165, 1.54) is 0 Å². The number of rotatable bonds is 2. The van der Waals surface area contributed by atoms with Crippen LogP contribution in [0.25, 0.3) is 0 Å². The van der Waals surface area contributed by atoms with Gasteiger partial charge in [0.1, 0.15) is 0 Å². The number of hydrogen-bond donors (Lipinski definition) is 0. The van der Waals surface area contributed by atoms with Crippen LogP contribution in [0.15, 0.2) is 42.6 Å². The lowest BCUT2D eigenvalue weighted by molar-refractivity contribution is 0.103. The molecule has 0 fully saturated rings. The predicted molar refractivity (Wildman–Crippen MR) is 63.6 cm³/mol. The van der Waals surface area contributed by atoms with Crippen molar-refractivity contribution in [2.24, 2.45) is 0 Å². The highest BCUT2D eigenvalue weighted by molar-refractivity contribution is 6.08. The largest absolute Gasteiger partial charge is 0.289 e. The highest BCUT2D eigenvalue weighted by Gasteiger charge is 2.08. The maximum absolute atomic E-state index is 12.1. The van der Waals surface area contributed by atoms with E-state index >= 15 is 0 Å². The first-order valence-corrected chi connectivity index (χ1v) is 5.21. The third kappa shape index (κ3) is 2.16. The second-order valence-corrected chi connectivity index (χ2v) is 3.89. The van der Waals surface area contributed by atoms with E-state index in [9.17, 15) is 4.79 Å². The molecule has 0 atom stereocenters. The van der Waals surface area contributed by atoms with Gasteiger partial charge in [-0.15, -0.1) is 0 Å². The molecule has 16 heavy (non-hydrogen) atoms. The van der Waals surface area contributed by atoms with Crippen molar-refractivity contribution in [1.82, 2.24) is 4.98 Å². The van der Waals surface area contributed by atoms with Gasteiger partial charge in [0.25, 0.3) is 0 Å². The Morgan fingerprint density at radius 1 is 1.06 bits per heavy atom. The number of benzene rings is 1. The third-order valence-corrected chi connectivity index (χ3v) is 2.45. The van der Waals surface area contributed by atoms with E-state index < -0.39 is 0 Å². The molecule has 2 heteroatoms. The van der Waals surface area contributed by atoms with Gasteiger partial charge in [-0.05, 0) is 32.0 Å². The zero-order chi connectivity index (χ0) is 11.5. The van der Waals surface area contributed by atoms with Crippen LogP contribution >= 0.6 is 0 Å². The minimum Gasteiger partial charge on any atom is -0.289 e. The van der Waals surface area contributed by atoms with E-state index in [0.29, 0.717) is 11.1 Å². The van der Waals surface area contributed by atoms with Crippen LogP contribution in [0, 0.1) is 13.8 Å². The summed E-state index contributed by atoms with van der Waals surface area (Å²) in [5.41, 5.74) is 3.36. The van der Waals surface area contributed by atoms with Gasteiger partial charge in [0, 0.05) is 23.0 Å². The number of nitrogens with zero attached hydrogens (tertiary/aromatic N) is 1. The Hall–Kier alpha value is -1.96. The monoisotopic (exact) mass is 211 g/mol. The normalized spacial score (nSPS) is 10.1. The highest BCUT2D eigenvalue weighted by atomic mass is 16.1. The van der Waals surface area contributed by atoms with Crippen molar-refractivity contribution in [2.75, 3.05) is 0 Å². The molecule has 1 heterocycles. The molecule has 0 spiro atoms. The van der Waals surface area contributed by atoms with Gasteiger partial charge in [0.2, 0.25) is 0 Å². The molecule has 0 aliphatic rings. The molecule has 0 unspecified atom stereocenters. The first kappa shape index (κ1) is 10.6. The Morgan fingerprint density at radius 2 is 1.88 bits per heavy atom. The molecule has 1 aromatic heterocycles. The van der Waals surface area contributed by atoms with Gasteiger partial charge in [0.05, 0.1) is 0 Å². The molecule has 0 N–H and O–H groups in total. The Balaban J connectivity index is 2.35. The van der Waals surface area contributed by atoms with Gasteiger partial charge >= 0.3 is 0 Å². The number of carbonyl (C=O) groups is 1. The minimum absolute atomic E-state index is 0.0243. The quantitative estimate of drug-likeness (QED) is 0.715. The van der Waals surface area contributed by atoms with Crippen molar-refractivity contribution in [3.05, 3.63) is 65.0 Å². The fraction of sp³-hybridized carbons (Fsp3) is 0.143. The lowest BCUT2D eigenvalue weighted by Crippen LogP contribution is -2.02. The number of pyridine rings is 1. The van der Waals surface area contributed by atoms with Crippen molar-refractivity contribution >= 4 is 5.78 Å². The summed E-state index contributed by atoms with van der Waals surface area (Å²) in [7, 11) is 0. The van der Waals surface area contributed by atoms with Crippen LogP contribution in [0.3, 0.4) is 0 Å². The molecule has 2 nitrogen and oxygen atoms in total. The zero-order valence-corrected chi connectivity index (χ0v) is 9.40. The average Bonchev–Trinajstić information content (AvgIpc) is 2.29. The molecule has 1 aromatic carbocycles. The molecule has 0 aliphatic carbocycles. The zero-order valence-electron chi connectivity index (χ0n) is 9.40. The van der Waals surface area contributed by atoms with Crippen molar-refractivity contribution < 1.29 is 4.79 Å². The van der Waals surface area contributed by atoms with E-state index in [2.05, 4.69) is 4.98 Å². The fourth-order valence-electron chi connectivity index (χ4n) is 1.56. The van der Waals surface area contributed by atoms with Crippen LogP contribution in [-0.4, -0.2) is 10.8 Å². The second kappa shape index (κ2) is 4.27. The van der Waals surface area contributed by atoms with Crippen molar-refractivity contribution in [3.8, 4) is 0 Å². The molecule has 0 saturated carbocycles. The summed E-state index contributed by atoms with van der Waals surface area (Å²) in [6.07, 6.45) is 1.62. The lowest BCUT2D eigenvalue weighted by atomic mass is 10.0. The van der Waals surface area contributed by atoms with E-state index in [1.807, 2.05) is 50.2 Å². The van der Waals surface area contributed by atoms with E-state index in [1.54, 1.807) is 6.20 Å². The fourth-order valence-corrected chi connectivity index (χ4v) is 1.56. The van der Waals surface area contributed by atoms with Crippen LogP contribution in [-0.2, 0) is 0 Å². The topological polar surface area (TPSA) is 30.0 Å². The van der Waals surface area contributed by atoms with Crippen molar-refractivity contribution in [1.29, 1.82) is 0 Å². The first-order chi connectivity index (χ1) is 7.66. The van der Waals surface area contributed by atoms with Crippen molar-refractivity contribution in [3.63, 3.8) is 0 Å². The van der Waals surface area contributed by atoms with Crippen LogP contribution < -0.4 is 0 Å². The Kier molecular flexibility index (Phi) is 2.82. The standard InChI is InChI=1S/C14H13NO/c1-10-4-3-5-12(8-10)14(16)13-7-6-11(2)15-9-13/h3-9H,1-2H3. The highest BCUT2D eigenvalue weighted by Crippen LogP contribution is 2.10. The lowest BCUT2D eigenvalue weighted by Gasteiger charge is -2.02. The molecule has 2 rings (SSSR count). The molecule has 80 valence electrons. The van der Waals surface area contributed by atoms with E-state index in [0.717, 1.165) is 11.3 Å². The van der Waals surface area contributed by atoms with Crippen molar-refractivity contribution in [2.45, 2.75) is 13.8 Å². The Bertz CT molecular complexity index is 515. The van der Waals surface area contributed by atoms with Crippen LogP contribution in [0.4, 0.5) is 0 Å². The molecule has 0 aliphatic heterocycles. The molecule has 0 radical (unpaired) electrons. The molecular weight excluding hydrogens is 198 g/mol. The first-order valence-electron chi connectivity index (χ1n) is 5.21. The van der Waals surface area contributed by atoms with Crippen LogP contribution in [0.5, 0.6) is 0 Å². The maximum Gasteiger partial charge on any atom is 0.194 e. The summed E-state index contributed by atoms with van der Waals surface area (Å²) >= 11 is 0. The summed E-state index contributed by atoms with van der Waals surface area (Å²) in [4.78, 5) is 16.2. The smallest absolute Gasteiger partial charge is 0.194 e. The SMILES string of the molecule is Cc1cccc(C(=O)c2ccc(C)nc2)c1. The summed E-state index contributed by atoms with van der Waals surface area (Å²) in [6.45, 7) is 3.88. The predicted octanol–water partition coefficient (Wildman–Crippen LogP) is 2.93. The molecule has 0 bridgehead atoms. The van der Waals surface area contributed by atoms with Gasteiger partial charge in [0.15, 0.2) is 5.78 Å². The van der Waals surface area contributed by atoms with Gasteiger partial charge < -0.3 is 0 Å². The Labute approximate surface area is 95.0 Å². The molecular formula is C14H13NO. The molecule has 2 aromatic rings. The summed E-state index contributed by atoms with van der Waals surface area (Å²) in [5.74, 6) is 0.0243. The minimum atomic E-state index is 0.0243. The van der Waals surface area contributed by atoms with Gasteiger partial charge in [-0.3, -0.25) is 9.78 Å². The number of ketones is 1. The summed E-state index contributed by atoms with van der Waals surface area (Å²) in [6, 6.07) is 11.3. The van der Waals surface area contributed by atoms with E-state index in [4.69, 9.17) is 0 Å². The van der Waals surface area contributed by atoms with E-state index in [-0.39, 0.29) is 5.78 Å². The van der Waals surface area contributed by atoms with Gasteiger partial charge in [-0.2, -0.15) is 0 Å². The maximum atomic E-state index is 12.1.